The molecule has 1 aliphatic rings. The van der Waals surface area contributed by atoms with Gasteiger partial charge in [-0.25, -0.2) is 4.79 Å². The van der Waals surface area contributed by atoms with Gasteiger partial charge in [0.2, 0.25) is 0 Å². The number of para-hydroxylation sites is 1. The van der Waals surface area contributed by atoms with E-state index in [1.165, 1.54) is 16.7 Å². The van der Waals surface area contributed by atoms with Crippen LogP contribution in [0.15, 0.2) is 115 Å². The number of hydrogen-bond donors (Lipinski definition) is 1. The molecular weight excluding hydrogens is 536 g/mol. The summed E-state index contributed by atoms with van der Waals surface area (Å²) in [5.74, 6) is 0.998. The monoisotopic (exact) mass is 576 g/mol. The van der Waals surface area contributed by atoms with Crippen LogP contribution in [0.25, 0.3) is 11.1 Å². The van der Waals surface area contributed by atoms with E-state index in [4.69, 9.17) is 14.2 Å². The van der Waals surface area contributed by atoms with Crippen LogP contribution in [0.2, 0.25) is 0 Å². The lowest BCUT2D eigenvalue weighted by molar-refractivity contribution is -0.139. The predicted octanol–water partition coefficient (Wildman–Crippen LogP) is 9.61. The van der Waals surface area contributed by atoms with Crippen LogP contribution in [0, 0.1) is 5.92 Å². The molecule has 5 rings (SSSR count). The van der Waals surface area contributed by atoms with E-state index in [1.54, 1.807) is 12.1 Å². The second-order valence-corrected chi connectivity index (χ2v) is 11.3. The molecule has 0 aromatic heterocycles. The quantitative estimate of drug-likeness (QED) is 0.170. The Hall–Kier alpha value is -4.35. The normalized spacial score (nSPS) is 19.9. The first-order valence-electron chi connectivity index (χ1n) is 15.1. The molecule has 1 saturated heterocycles. The summed E-state index contributed by atoms with van der Waals surface area (Å²) >= 11 is 0. The molecule has 0 saturated carbocycles. The third kappa shape index (κ3) is 7.54. The van der Waals surface area contributed by atoms with Crippen LogP contribution in [0.1, 0.15) is 62.7 Å². The van der Waals surface area contributed by atoms with Gasteiger partial charge in [-0.1, -0.05) is 105 Å². The molecule has 0 spiro atoms. The van der Waals surface area contributed by atoms with Gasteiger partial charge in [-0.05, 0) is 66.8 Å². The van der Waals surface area contributed by atoms with Crippen LogP contribution in [0.5, 0.6) is 17.2 Å². The van der Waals surface area contributed by atoms with Crippen molar-refractivity contribution in [2.24, 2.45) is 5.92 Å². The van der Waals surface area contributed by atoms with Crippen LogP contribution < -0.4 is 9.47 Å². The van der Waals surface area contributed by atoms with Gasteiger partial charge in [0.25, 0.3) is 0 Å². The van der Waals surface area contributed by atoms with Gasteiger partial charge in [-0.2, -0.15) is 0 Å². The van der Waals surface area contributed by atoms with Crippen LogP contribution >= 0.6 is 0 Å². The zero-order chi connectivity index (χ0) is 30.2. The molecule has 4 aromatic rings. The molecule has 0 aliphatic carbocycles. The molecule has 1 heterocycles. The molecule has 0 unspecified atom stereocenters. The van der Waals surface area contributed by atoms with Crippen molar-refractivity contribution < 1.29 is 24.1 Å². The van der Waals surface area contributed by atoms with Crippen LogP contribution in [0.3, 0.4) is 0 Å². The molecule has 1 fully saturated rings. The highest BCUT2D eigenvalue weighted by atomic mass is 16.5. The fourth-order valence-corrected chi connectivity index (χ4v) is 5.96. The van der Waals surface area contributed by atoms with Gasteiger partial charge in [0.05, 0.1) is 12.2 Å². The Labute approximate surface area is 254 Å². The summed E-state index contributed by atoms with van der Waals surface area (Å²) in [7, 11) is 0. The zero-order valence-electron chi connectivity index (χ0n) is 24.9. The topological polar surface area (TPSA) is 65.0 Å². The number of carboxylic acids is 1. The Morgan fingerprint density at radius 2 is 1.58 bits per heavy atom. The lowest BCUT2D eigenvalue weighted by Gasteiger charge is -2.43. The average Bonchev–Trinajstić information content (AvgIpc) is 3.03. The standard InChI is InChI=1S/C38H40O5/c1-4-5-16-36-33(29-19-17-28(18-20-29)27-12-8-6-9-13-27)24-32(26(2)3)38(43-36)34-23-31(42-30-14-10-7-11-15-30)21-22-35(34)41-25-37(39)40/h6-15,17-23,32-33,36,38H,2,4-5,16,24-25H2,1,3H3,(H,39,40)/t32-,33-,36+,38+/m0/s1. The highest BCUT2D eigenvalue weighted by Gasteiger charge is 2.40. The largest absolute Gasteiger partial charge is 0.482 e. The van der Waals surface area contributed by atoms with Crippen LogP contribution in [0.4, 0.5) is 0 Å². The van der Waals surface area contributed by atoms with Gasteiger partial charge in [-0.15, -0.1) is 0 Å². The number of hydrogen-bond acceptors (Lipinski definition) is 4. The molecule has 4 atom stereocenters. The molecule has 0 bridgehead atoms. The summed E-state index contributed by atoms with van der Waals surface area (Å²) in [6.07, 6.45) is 3.53. The Balaban J connectivity index is 1.49. The number of unbranched alkanes of at least 4 members (excludes halogenated alkanes) is 1. The maximum Gasteiger partial charge on any atom is 0.341 e. The van der Waals surface area contributed by atoms with E-state index in [1.807, 2.05) is 49.4 Å². The van der Waals surface area contributed by atoms with E-state index in [0.29, 0.717) is 17.2 Å². The molecular formula is C38H40O5. The summed E-state index contributed by atoms with van der Waals surface area (Å²) in [4.78, 5) is 11.4. The van der Waals surface area contributed by atoms with E-state index in [2.05, 4.69) is 62.0 Å². The smallest absolute Gasteiger partial charge is 0.341 e. The fraction of sp³-hybridized carbons (Fsp3) is 0.289. The highest BCUT2D eigenvalue weighted by molar-refractivity contribution is 5.68. The molecule has 43 heavy (non-hydrogen) atoms. The van der Waals surface area contributed by atoms with E-state index < -0.39 is 12.6 Å². The summed E-state index contributed by atoms with van der Waals surface area (Å²) < 4.78 is 19.0. The maximum absolute atomic E-state index is 11.4. The molecule has 1 N–H and O–H groups in total. The third-order valence-corrected chi connectivity index (χ3v) is 8.18. The Kier molecular flexibility index (Phi) is 9.96. The van der Waals surface area contributed by atoms with Crippen LogP contribution in [-0.2, 0) is 9.53 Å². The van der Waals surface area contributed by atoms with Gasteiger partial charge in [0, 0.05) is 17.4 Å². The number of carbonyl (C=O) groups is 1. The Morgan fingerprint density at radius 3 is 2.23 bits per heavy atom. The molecule has 222 valence electrons. The van der Waals surface area contributed by atoms with Gasteiger partial charge in [0.1, 0.15) is 17.2 Å². The second-order valence-electron chi connectivity index (χ2n) is 11.3. The molecule has 0 radical (unpaired) electrons. The minimum absolute atomic E-state index is 0.00386. The van der Waals surface area contributed by atoms with Crippen molar-refractivity contribution in [3.63, 3.8) is 0 Å². The van der Waals surface area contributed by atoms with Crippen LogP contribution in [-0.4, -0.2) is 23.8 Å². The van der Waals surface area contributed by atoms with Gasteiger partial charge < -0.3 is 19.3 Å². The first kappa shape index (κ1) is 30.1. The molecule has 1 aliphatic heterocycles. The summed E-state index contributed by atoms with van der Waals surface area (Å²) in [5, 5.41) is 9.36. The van der Waals surface area contributed by atoms with Crippen molar-refractivity contribution in [2.75, 3.05) is 6.61 Å². The van der Waals surface area contributed by atoms with E-state index in [9.17, 15) is 9.90 Å². The third-order valence-electron chi connectivity index (χ3n) is 8.18. The number of rotatable bonds is 12. The van der Waals surface area contributed by atoms with Gasteiger partial charge in [0.15, 0.2) is 6.61 Å². The predicted molar refractivity (Wildman–Crippen MR) is 171 cm³/mol. The first-order chi connectivity index (χ1) is 20.9. The summed E-state index contributed by atoms with van der Waals surface area (Å²) in [5.41, 5.74) is 5.44. The maximum atomic E-state index is 11.4. The van der Waals surface area contributed by atoms with Crippen molar-refractivity contribution in [1.82, 2.24) is 0 Å². The molecule has 4 aromatic carbocycles. The molecule has 5 nitrogen and oxygen atoms in total. The van der Waals surface area contributed by atoms with Crippen molar-refractivity contribution in [3.05, 3.63) is 126 Å². The summed E-state index contributed by atoms with van der Waals surface area (Å²) in [6, 6.07) is 34.4. The average molecular weight is 577 g/mol. The van der Waals surface area contributed by atoms with E-state index in [0.717, 1.165) is 36.8 Å². The first-order valence-corrected chi connectivity index (χ1v) is 15.1. The Morgan fingerprint density at radius 1 is 0.907 bits per heavy atom. The van der Waals surface area contributed by atoms with E-state index in [-0.39, 0.29) is 24.0 Å². The summed E-state index contributed by atoms with van der Waals surface area (Å²) in [6.45, 7) is 8.18. The Bertz CT molecular complexity index is 1500. The van der Waals surface area contributed by atoms with Gasteiger partial charge >= 0.3 is 5.97 Å². The number of carboxylic acid groups (broad SMARTS) is 1. The zero-order valence-corrected chi connectivity index (χ0v) is 24.9. The van der Waals surface area contributed by atoms with Crippen molar-refractivity contribution in [1.29, 1.82) is 0 Å². The number of ether oxygens (including phenoxy) is 3. The lowest BCUT2D eigenvalue weighted by atomic mass is 9.74. The minimum atomic E-state index is -1.03. The highest BCUT2D eigenvalue weighted by Crippen LogP contribution is 2.50. The fourth-order valence-electron chi connectivity index (χ4n) is 5.96. The minimum Gasteiger partial charge on any atom is -0.482 e. The lowest BCUT2D eigenvalue weighted by Crippen LogP contribution is -2.36. The molecule has 0 amide bonds. The van der Waals surface area contributed by atoms with Crippen molar-refractivity contribution >= 4 is 5.97 Å². The second kappa shape index (κ2) is 14.2. The molecule has 5 heteroatoms. The SMILES string of the molecule is C=C(C)[C@@H]1C[C@@H](c2ccc(-c3ccccc3)cc2)[C@@H](CCCC)O[C@H]1c1cc(Oc2ccccc2)ccc1OCC(=O)O. The van der Waals surface area contributed by atoms with E-state index >= 15 is 0 Å². The van der Waals surface area contributed by atoms with Gasteiger partial charge in [-0.3, -0.25) is 0 Å². The number of aliphatic carboxylic acids is 1. The van der Waals surface area contributed by atoms with Crippen molar-refractivity contribution in [2.45, 2.75) is 57.7 Å². The number of benzene rings is 4. The van der Waals surface area contributed by atoms with Crippen molar-refractivity contribution in [3.8, 4) is 28.4 Å².